The van der Waals surface area contributed by atoms with E-state index in [1.54, 1.807) is 18.3 Å². The molecule has 0 spiro atoms. The molecule has 1 aliphatic heterocycles. The lowest BCUT2D eigenvalue weighted by atomic mass is 10.1. The Labute approximate surface area is 142 Å². The third-order valence-electron chi connectivity index (χ3n) is 4.62. The zero-order valence-electron chi connectivity index (χ0n) is 13.4. The lowest BCUT2D eigenvalue weighted by Crippen LogP contribution is -2.20. The Kier molecular flexibility index (Phi) is 3.95. The molecule has 1 saturated heterocycles. The van der Waals surface area contributed by atoms with Gasteiger partial charge in [0.15, 0.2) is 5.65 Å². The molecule has 25 heavy (non-hydrogen) atoms. The van der Waals surface area contributed by atoms with Crippen molar-refractivity contribution in [3.63, 3.8) is 0 Å². The first-order valence-corrected chi connectivity index (χ1v) is 8.18. The molecule has 1 aromatic carbocycles. The summed E-state index contributed by atoms with van der Waals surface area (Å²) in [6.45, 7) is 2.38. The highest BCUT2D eigenvalue weighted by atomic mass is 19.4. The average molecular weight is 346 g/mol. The van der Waals surface area contributed by atoms with Crippen molar-refractivity contribution in [3.05, 3.63) is 59.5 Å². The molecule has 4 nitrogen and oxygen atoms in total. The van der Waals surface area contributed by atoms with Gasteiger partial charge in [-0.25, -0.2) is 9.97 Å². The SMILES string of the molecule is FC(F)(F)c1ccc(CN2CCC(c3nc4ncccc4[nH]3)C2)cc1. The van der Waals surface area contributed by atoms with E-state index in [9.17, 15) is 13.2 Å². The molecule has 3 heterocycles. The Morgan fingerprint density at radius 3 is 2.68 bits per heavy atom. The number of aromatic amines is 1. The van der Waals surface area contributed by atoms with Crippen LogP contribution in [0.1, 0.15) is 29.3 Å². The summed E-state index contributed by atoms with van der Waals surface area (Å²) in [6, 6.07) is 9.23. The summed E-state index contributed by atoms with van der Waals surface area (Å²) < 4.78 is 37.9. The maximum Gasteiger partial charge on any atom is 0.416 e. The third kappa shape index (κ3) is 3.37. The van der Waals surface area contributed by atoms with Gasteiger partial charge in [0.2, 0.25) is 0 Å². The molecule has 130 valence electrons. The smallest absolute Gasteiger partial charge is 0.340 e. The van der Waals surface area contributed by atoms with E-state index < -0.39 is 11.7 Å². The Morgan fingerprint density at radius 2 is 1.96 bits per heavy atom. The molecule has 1 atom stereocenters. The number of pyridine rings is 1. The topological polar surface area (TPSA) is 44.8 Å². The Balaban J connectivity index is 1.42. The van der Waals surface area contributed by atoms with Crippen LogP contribution in [0, 0.1) is 0 Å². The number of imidazole rings is 1. The van der Waals surface area contributed by atoms with E-state index in [1.165, 1.54) is 0 Å². The number of benzene rings is 1. The van der Waals surface area contributed by atoms with Gasteiger partial charge in [-0.3, -0.25) is 4.90 Å². The van der Waals surface area contributed by atoms with Crippen molar-refractivity contribution in [1.29, 1.82) is 0 Å². The fourth-order valence-electron chi connectivity index (χ4n) is 3.31. The monoisotopic (exact) mass is 346 g/mol. The molecule has 1 fully saturated rings. The molecule has 0 aliphatic carbocycles. The number of hydrogen-bond donors (Lipinski definition) is 1. The van der Waals surface area contributed by atoms with E-state index >= 15 is 0 Å². The van der Waals surface area contributed by atoms with Gasteiger partial charge in [0.25, 0.3) is 0 Å². The molecule has 1 aliphatic rings. The summed E-state index contributed by atoms with van der Waals surface area (Å²) in [5, 5.41) is 0. The van der Waals surface area contributed by atoms with Gasteiger partial charge in [0, 0.05) is 25.2 Å². The zero-order chi connectivity index (χ0) is 17.4. The van der Waals surface area contributed by atoms with Crippen molar-refractivity contribution < 1.29 is 13.2 Å². The highest BCUT2D eigenvalue weighted by Crippen LogP contribution is 2.30. The Bertz CT molecular complexity index is 837. The normalized spacial score (nSPS) is 18.9. The van der Waals surface area contributed by atoms with Gasteiger partial charge in [-0.15, -0.1) is 0 Å². The van der Waals surface area contributed by atoms with Gasteiger partial charge in [0.05, 0.1) is 11.1 Å². The number of likely N-dealkylation sites (tertiary alicyclic amines) is 1. The highest BCUT2D eigenvalue weighted by molar-refractivity contribution is 5.70. The molecule has 0 saturated carbocycles. The summed E-state index contributed by atoms with van der Waals surface area (Å²) in [7, 11) is 0. The predicted molar refractivity (Wildman–Crippen MR) is 88.0 cm³/mol. The standard InChI is InChI=1S/C18H17F3N4/c19-18(20,21)14-5-3-12(4-6-14)10-25-9-7-13(11-25)16-23-15-2-1-8-22-17(15)24-16/h1-6,8,13H,7,9-11H2,(H,22,23,24). The van der Waals surface area contributed by atoms with Crippen LogP contribution in [0.3, 0.4) is 0 Å². The van der Waals surface area contributed by atoms with Crippen LogP contribution in [0.15, 0.2) is 42.6 Å². The van der Waals surface area contributed by atoms with Gasteiger partial charge in [-0.2, -0.15) is 13.2 Å². The molecule has 0 radical (unpaired) electrons. The van der Waals surface area contributed by atoms with E-state index in [0.717, 1.165) is 54.2 Å². The third-order valence-corrected chi connectivity index (χ3v) is 4.62. The number of hydrogen-bond acceptors (Lipinski definition) is 3. The second-order valence-electron chi connectivity index (χ2n) is 6.41. The average Bonchev–Trinajstić information content (AvgIpc) is 3.20. The Morgan fingerprint density at radius 1 is 1.16 bits per heavy atom. The lowest BCUT2D eigenvalue weighted by molar-refractivity contribution is -0.137. The number of fused-ring (bicyclic) bond motifs is 1. The highest BCUT2D eigenvalue weighted by Gasteiger charge is 2.30. The number of H-pyrrole nitrogens is 1. The maximum atomic E-state index is 12.6. The van der Waals surface area contributed by atoms with Gasteiger partial charge < -0.3 is 4.98 Å². The summed E-state index contributed by atoms with van der Waals surface area (Å²) in [6.07, 6.45) is -1.59. The number of aromatic nitrogens is 3. The molecule has 0 amide bonds. The minimum Gasteiger partial charge on any atom is -0.340 e. The molecule has 2 aromatic heterocycles. The number of nitrogens with zero attached hydrogens (tertiary/aromatic N) is 3. The molecular formula is C18H17F3N4. The molecular weight excluding hydrogens is 329 g/mol. The van der Waals surface area contributed by atoms with Gasteiger partial charge in [-0.1, -0.05) is 12.1 Å². The van der Waals surface area contributed by atoms with Crippen molar-refractivity contribution in [2.24, 2.45) is 0 Å². The summed E-state index contributed by atoms with van der Waals surface area (Å²) in [5.41, 5.74) is 1.93. The molecule has 1 N–H and O–H groups in total. The van der Waals surface area contributed by atoms with Crippen molar-refractivity contribution in [3.8, 4) is 0 Å². The number of halogens is 3. The van der Waals surface area contributed by atoms with E-state index in [4.69, 9.17) is 0 Å². The maximum absolute atomic E-state index is 12.6. The fourth-order valence-corrected chi connectivity index (χ4v) is 3.31. The van der Waals surface area contributed by atoms with Crippen LogP contribution in [0.4, 0.5) is 13.2 Å². The van der Waals surface area contributed by atoms with Gasteiger partial charge >= 0.3 is 6.18 Å². The van der Waals surface area contributed by atoms with Crippen LogP contribution in [0.2, 0.25) is 0 Å². The van der Waals surface area contributed by atoms with Crippen LogP contribution >= 0.6 is 0 Å². The molecule has 4 rings (SSSR count). The van der Waals surface area contributed by atoms with Crippen LogP contribution in [-0.2, 0) is 12.7 Å². The van der Waals surface area contributed by atoms with E-state index in [-0.39, 0.29) is 0 Å². The van der Waals surface area contributed by atoms with Crippen molar-refractivity contribution in [2.45, 2.75) is 25.1 Å². The summed E-state index contributed by atoms with van der Waals surface area (Å²) in [4.78, 5) is 14.4. The molecule has 7 heteroatoms. The quantitative estimate of drug-likeness (QED) is 0.781. The zero-order valence-corrected chi connectivity index (χ0v) is 13.4. The van der Waals surface area contributed by atoms with Crippen LogP contribution in [0.5, 0.6) is 0 Å². The van der Waals surface area contributed by atoms with Crippen LogP contribution < -0.4 is 0 Å². The van der Waals surface area contributed by atoms with Gasteiger partial charge in [0.1, 0.15) is 5.82 Å². The van der Waals surface area contributed by atoms with Crippen molar-refractivity contribution in [1.82, 2.24) is 19.9 Å². The minimum atomic E-state index is -4.29. The molecule has 1 unspecified atom stereocenters. The first-order valence-electron chi connectivity index (χ1n) is 8.18. The Hall–Kier alpha value is -2.41. The lowest BCUT2D eigenvalue weighted by Gasteiger charge is -2.16. The van der Waals surface area contributed by atoms with Crippen molar-refractivity contribution in [2.75, 3.05) is 13.1 Å². The molecule has 0 bridgehead atoms. The number of alkyl halides is 3. The van der Waals surface area contributed by atoms with Crippen LogP contribution in [-0.4, -0.2) is 32.9 Å². The number of nitrogens with one attached hydrogen (secondary N) is 1. The predicted octanol–water partition coefficient (Wildman–Crippen LogP) is 3.97. The first-order chi connectivity index (χ1) is 12.0. The van der Waals surface area contributed by atoms with E-state index in [2.05, 4.69) is 19.9 Å². The summed E-state index contributed by atoms with van der Waals surface area (Å²) in [5.74, 6) is 1.23. The second-order valence-corrected chi connectivity index (χ2v) is 6.41. The largest absolute Gasteiger partial charge is 0.416 e. The van der Waals surface area contributed by atoms with Gasteiger partial charge in [-0.05, 0) is 42.8 Å². The van der Waals surface area contributed by atoms with E-state index in [1.807, 2.05) is 12.1 Å². The summed E-state index contributed by atoms with van der Waals surface area (Å²) >= 11 is 0. The van der Waals surface area contributed by atoms with E-state index in [0.29, 0.717) is 12.5 Å². The first kappa shape index (κ1) is 16.1. The molecule has 3 aromatic rings. The van der Waals surface area contributed by atoms with Crippen molar-refractivity contribution >= 4 is 11.2 Å². The van der Waals surface area contributed by atoms with Crippen LogP contribution in [0.25, 0.3) is 11.2 Å². The minimum absolute atomic E-state index is 0.295. The fraction of sp³-hybridized carbons (Fsp3) is 0.333. The second kappa shape index (κ2) is 6.15. The number of rotatable bonds is 3.